The van der Waals surface area contributed by atoms with Crippen molar-refractivity contribution in [2.45, 2.75) is 76.7 Å². The summed E-state index contributed by atoms with van der Waals surface area (Å²) < 4.78 is 10.6. The highest BCUT2D eigenvalue weighted by molar-refractivity contribution is 5.69. The highest BCUT2D eigenvalue weighted by Gasteiger charge is 2.24. The monoisotopic (exact) mass is 325 g/mol. The van der Waals surface area contributed by atoms with E-state index in [-0.39, 0.29) is 5.97 Å². The SMILES string of the molecule is COC(=O)CCNCCOC1CCC(CC2CCCCC2)CC1. The van der Waals surface area contributed by atoms with Gasteiger partial charge in [0.25, 0.3) is 0 Å². The van der Waals surface area contributed by atoms with Gasteiger partial charge in [0.15, 0.2) is 0 Å². The molecule has 0 unspecified atom stereocenters. The van der Waals surface area contributed by atoms with Crippen molar-refractivity contribution in [1.82, 2.24) is 5.32 Å². The summed E-state index contributed by atoms with van der Waals surface area (Å²) in [4.78, 5) is 11.0. The van der Waals surface area contributed by atoms with Gasteiger partial charge in [-0.25, -0.2) is 0 Å². The molecule has 23 heavy (non-hydrogen) atoms. The topological polar surface area (TPSA) is 47.6 Å². The van der Waals surface area contributed by atoms with Crippen LogP contribution >= 0.6 is 0 Å². The molecule has 0 aromatic heterocycles. The second kappa shape index (κ2) is 11.0. The van der Waals surface area contributed by atoms with Crippen LogP contribution in [0.3, 0.4) is 0 Å². The van der Waals surface area contributed by atoms with E-state index < -0.39 is 0 Å². The Bertz CT molecular complexity index is 321. The van der Waals surface area contributed by atoms with Crippen LogP contribution in [0.15, 0.2) is 0 Å². The third-order valence-corrected chi connectivity index (χ3v) is 5.55. The molecule has 0 aromatic rings. The van der Waals surface area contributed by atoms with Crippen molar-refractivity contribution in [3.8, 4) is 0 Å². The number of rotatable bonds is 9. The minimum Gasteiger partial charge on any atom is -0.469 e. The number of carbonyl (C=O) groups excluding carboxylic acids is 1. The van der Waals surface area contributed by atoms with Crippen molar-refractivity contribution in [3.63, 3.8) is 0 Å². The first-order chi connectivity index (χ1) is 11.3. The molecule has 4 nitrogen and oxygen atoms in total. The fourth-order valence-electron chi connectivity index (χ4n) is 4.14. The molecule has 4 heteroatoms. The Kier molecular flexibility index (Phi) is 8.98. The molecule has 0 aliphatic heterocycles. The Morgan fingerprint density at radius 1 is 0.957 bits per heavy atom. The zero-order chi connectivity index (χ0) is 16.3. The summed E-state index contributed by atoms with van der Waals surface area (Å²) in [6, 6.07) is 0. The van der Waals surface area contributed by atoms with Gasteiger partial charge in [0.2, 0.25) is 0 Å². The molecule has 2 aliphatic rings. The molecule has 0 spiro atoms. The number of carbonyl (C=O) groups is 1. The predicted octanol–water partition coefficient (Wildman–Crippen LogP) is 3.68. The standard InChI is InChI=1S/C19H35NO3/c1-22-19(21)11-12-20-13-14-23-18-9-7-17(8-10-18)15-16-5-3-2-4-6-16/h16-18,20H,2-15H2,1H3. The Labute approximate surface area is 141 Å². The summed E-state index contributed by atoms with van der Waals surface area (Å²) >= 11 is 0. The maximum atomic E-state index is 11.0. The van der Waals surface area contributed by atoms with Crippen LogP contribution in [-0.2, 0) is 14.3 Å². The van der Waals surface area contributed by atoms with Gasteiger partial charge in [-0.05, 0) is 43.9 Å². The van der Waals surface area contributed by atoms with E-state index in [9.17, 15) is 4.79 Å². The number of ether oxygens (including phenoxy) is 2. The van der Waals surface area contributed by atoms with E-state index in [1.165, 1.54) is 71.3 Å². The summed E-state index contributed by atoms with van der Waals surface area (Å²) in [6.45, 7) is 2.24. The lowest BCUT2D eigenvalue weighted by molar-refractivity contribution is -0.140. The zero-order valence-corrected chi connectivity index (χ0v) is 14.9. The zero-order valence-electron chi connectivity index (χ0n) is 14.9. The van der Waals surface area contributed by atoms with Gasteiger partial charge >= 0.3 is 5.97 Å². The third-order valence-electron chi connectivity index (χ3n) is 5.55. The number of nitrogens with one attached hydrogen (secondary N) is 1. The molecule has 2 fully saturated rings. The van der Waals surface area contributed by atoms with E-state index in [4.69, 9.17) is 4.74 Å². The normalized spacial score (nSPS) is 26.1. The smallest absolute Gasteiger partial charge is 0.306 e. The van der Waals surface area contributed by atoms with E-state index in [0.717, 1.165) is 25.0 Å². The maximum absolute atomic E-state index is 11.0. The Balaban J connectivity index is 1.45. The molecular formula is C19H35NO3. The van der Waals surface area contributed by atoms with Gasteiger partial charge in [-0.1, -0.05) is 32.1 Å². The van der Waals surface area contributed by atoms with Crippen molar-refractivity contribution in [3.05, 3.63) is 0 Å². The van der Waals surface area contributed by atoms with Gasteiger partial charge in [0.05, 0.1) is 26.2 Å². The first kappa shape index (κ1) is 18.7. The van der Waals surface area contributed by atoms with Crippen molar-refractivity contribution < 1.29 is 14.3 Å². The number of hydrogen-bond donors (Lipinski definition) is 1. The van der Waals surface area contributed by atoms with Crippen molar-refractivity contribution in [2.75, 3.05) is 26.8 Å². The van der Waals surface area contributed by atoms with Crippen LogP contribution in [0.4, 0.5) is 0 Å². The summed E-state index contributed by atoms with van der Waals surface area (Å²) in [5, 5.41) is 3.23. The van der Waals surface area contributed by atoms with Crippen LogP contribution in [0.25, 0.3) is 0 Å². The van der Waals surface area contributed by atoms with Crippen LogP contribution in [-0.4, -0.2) is 38.9 Å². The van der Waals surface area contributed by atoms with Gasteiger partial charge in [-0.3, -0.25) is 4.79 Å². The third kappa shape index (κ3) is 7.67. The fraction of sp³-hybridized carbons (Fsp3) is 0.947. The Morgan fingerprint density at radius 3 is 2.35 bits per heavy atom. The van der Waals surface area contributed by atoms with Gasteiger partial charge in [0.1, 0.15) is 0 Å². The molecule has 0 amide bonds. The summed E-state index contributed by atoms with van der Waals surface area (Å²) in [6.07, 6.45) is 14.9. The fourth-order valence-corrected chi connectivity index (χ4v) is 4.14. The lowest BCUT2D eigenvalue weighted by atomic mass is 9.77. The van der Waals surface area contributed by atoms with E-state index in [0.29, 0.717) is 19.1 Å². The molecule has 2 saturated carbocycles. The highest BCUT2D eigenvalue weighted by Crippen LogP contribution is 2.35. The molecule has 0 saturated heterocycles. The molecule has 134 valence electrons. The molecular weight excluding hydrogens is 290 g/mol. The molecule has 0 aromatic carbocycles. The molecule has 1 N–H and O–H groups in total. The molecule has 0 bridgehead atoms. The average Bonchev–Trinajstić information content (AvgIpc) is 2.60. The first-order valence-electron chi connectivity index (χ1n) is 9.67. The van der Waals surface area contributed by atoms with Gasteiger partial charge in [-0.15, -0.1) is 0 Å². The lowest BCUT2D eigenvalue weighted by Crippen LogP contribution is -2.28. The van der Waals surface area contributed by atoms with E-state index in [2.05, 4.69) is 10.1 Å². The summed E-state index contributed by atoms with van der Waals surface area (Å²) in [5.74, 6) is 1.82. The quantitative estimate of drug-likeness (QED) is 0.519. The molecule has 2 aliphatic carbocycles. The lowest BCUT2D eigenvalue weighted by Gasteiger charge is -2.32. The van der Waals surface area contributed by atoms with Gasteiger partial charge in [-0.2, -0.15) is 0 Å². The minimum absolute atomic E-state index is 0.158. The Hall–Kier alpha value is -0.610. The van der Waals surface area contributed by atoms with E-state index in [1.54, 1.807) is 0 Å². The van der Waals surface area contributed by atoms with Crippen LogP contribution in [0.5, 0.6) is 0 Å². The molecule has 2 rings (SSSR count). The maximum Gasteiger partial charge on any atom is 0.306 e. The molecule has 0 radical (unpaired) electrons. The average molecular weight is 325 g/mol. The second-order valence-corrected chi connectivity index (χ2v) is 7.33. The number of hydrogen-bond acceptors (Lipinski definition) is 4. The predicted molar refractivity (Wildman–Crippen MR) is 92.4 cm³/mol. The second-order valence-electron chi connectivity index (χ2n) is 7.33. The van der Waals surface area contributed by atoms with Crippen molar-refractivity contribution in [2.24, 2.45) is 11.8 Å². The van der Waals surface area contributed by atoms with Crippen molar-refractivity contribution >= 4 is 5.97 Å². The van der Waals surface area contributed by atoms with Crippen LogP contribution in [0, 0.1) is 11.8 Å². The number of methoxy groups -OCH3 is 1. The van der Waals surface area contributed by atoms with Crippen LogP contribution in [0.2, 0.25) is 0 Å². The van der Waals surface area contributed by atoms with Crippen LogP contribution < -0.4 is 5.32 Å². The summed E-state index contributed by atoms with van der Waals surface area (Å²) in [5.41, 5.74) is 0. The highest BCUT2D eigenvalue weighted by atomic mass is 16.5. The van der Waals surface area contributed by atoms with E-state index in [1.807, 2.05) is 0 Å². The van der Waals surface area contributed by atoms with Crippen molar-refractivity contribution in [1.29, 1.82) is 0 Å². The summed E-state index contributed by atoms with van der Waals surface area (Å²) in [7, 11) is 1.43. The first-order valence-corrected chi connectivity index (χ1v) is 9.67. The van der Waals surface area contributed by atoms with Gasteiger partial charge < -0.3 is 14.8 Å². The minimum atomic E-state index is -0.158. The van der Waals surface area contributed by atoms with E-state index >= 15 is 0 Å². The largest absolute Gasteiger partial charge is 0.469 e. The van der Waals surface area contributed by atoms with Gasteiger partial charge in [0, 0.05) is 13.1 Å². The number of esters is 1. The Morgan fingerprint density at radius 2 is 1.65 bits per heavy atom. The molecule has 0 atom stereocenters. The molecule has 0 heterocycles. The van der Waals surface area contributed by atoms with Crippen LogP contribution in [0.1, 0.15) is 70.6 Å².